The molecular weight excluding hydrogens is 362 g/mol. The molecule has 0 amide bonds. The Kier molecular flexibility index (Phi) is 4.00. The molecule has 2 heterocycles. The Balaban J connectivity index is 1.66. The van der Waals surface area contributed by atoms with Gasteiger partial charge in [-0.25, -0.2) is 4.68 Å². The minimum absolute atomic E-state index is 0.736. The van der Waals surface area contributed by atoms with E-state index >= 15 is 0 Å². The van der Waals surface area contributed by atoms with Crippen molar-refractivity contribution in [2.24, 2.45) is 0 Å². The van der Waals surface area contributed by atoms with E-state index in [0.29, 0.717) is 0 Å². The Bertz CT molecular complexity index is 676. The van der Waals surface area contributed by atoms with Gasteiger partial charge in [-0.3, -0.25) is 0 Å². The molecular formula is C12H9BrClN5S. The lowest BCUT2D eigenvalue weighted by atomic mass is 10.3. The first-order valence-corrected chi connectivity index (χ1v) is 7.72. The highest BCUT2D eigenvalue weighted by molar-refractivity contribution is 9.10. The van der Waals surface area contributed by atoms with Gasteiger partial charge in [-0.05, 0) is 56.7 Å². The molecule has 0 atom stereocenters. The van der Waals surface area contributed by atoms with E-state index in [1.54, 1.807) is 22.3 Å². The minimum Gasteiger partial charge on any atom is -0.380 e. The SMILES string of the molecule is Clc1sc(CNc2ccc(-n3cnnn3)cc2)cc1Br. The van der Waals surface area contributed by atoms with Crippen LogP contribution in [0.3, 0.4) is 0 Å². The molecule has 0 unspecified atom stereocenters. The van der Waals surface area contributed by atoms with Crippen LogP contribution in [0.4, 0.5) is 5.69 Å². The third kappa shape index (κ3) is 3.00. The van der Waals surface area contributed by atoms with E-state index < -0.39 is 0 Å². The summed E-state index contributed by atoms with van der Waals surface area (Å²) in [6, 6.07) is 9.91. The van der Waals surface area contributed by atoms with Crippen molar-refractivity contribution < 1.29 is 0 Å². The van der Waals surface area contributed by atoms with Crippen LogP contribution in [0.15, 0.2) is 41.1 Å². The second-order valence-electron chi connectivity index (χ2n) is 3.99. The highest BCUT2D eigenvalue weighted by Gasteiger charge is 2.04. The zero-order valence-electron chi connectivity index (χ0n) is 10.1. The molecule has 102 valence electrons. The number of aromatic nitrogens is 4. The van der Waals surface area contributed by atoms with Gasteiger partial charge < -0.3 is 5.32 Å². The van der Waals surface area contributed by atoms with Crippen LogP contribution >= 0.6 is 38.9 Å². The zero-order chi connectivity index (χ0) is 13.9. The molecule has 0 saturated heterocycles. The first-order chi connectivity index (χ1) is 9.72. The lowest BCUT2D eigenvalue weighted by Gasteiger charge is -2.05. The quantitative estimate of drug-likeness (QED) is 0.760. The monoisotopic (exact) mass is 369 g/mol. The first kappa shape index (κ1) is 13.5. The minimum atomic E-state index is 0.736. The Morgan fingerprint density at radius 3 is 2.70 bits per heavy atom. The largest absolute Gasteiger partial charge is 0.380 e. The van der Waals surface area contributed by atoms with Crippen LogP contribution in [0.2, 0.25) is 4.34 Å². The number of benzene rings is 1. The summed E-state index contributed by atoms with van der Waals surface area (Å²) in [4.78, 5) is 1.17. The molecule has 20 heavy (non-hydrogen) atoms. The standard InChI is InChI=1S/C12H9BrClN5S/c13-11-5-10(20-12(11)14)6-15-8-1-3-9(4-2-8)19-7-16-17-18-19/h1-5,7,15H,6H2. The topological polar surface area (TPSA) is 55.6 Å². The summed E-state index contributed by atoms with van der Waals surface area (Å²) in [5, 5.41) is 14.4. The van der Waals surface area contributed by atoms with E-state index in [9.17, 15) is 0 Å². The van der Waals surface area contributed by atoms with Gasteiger partial charge in [0.2, 0.25) is 0 Å². The molecule has 0 saturated carbocycles. The van der Waals surface area contributed by atoms with Crippen LogP contribution in [0.5, 0.6) is 0 Å². The summed E-state index contributed by atoms with van der Waals surface area (Å²) in [5.41, 5.74) is 1.95. The van der Waals surface area contributed by atoms with Gasteiger partial charge in [-0.15, -0.1) is 16.4 Å². The Morgan fingerprint density at radius 1 is 1.30 bits per heavy atom. The number of hydrogen-bond donors (Lipinski definition) is 1. The molecule has 0 radical (unpaired) electrons. The normalized spacial score (nSPS) is 10.7. The second-order valence-corrected chi connectivity index (χ2v) is 6.58. The molecule has 2 aromatic heterocycles. The van der Waals surface area contributed by atoms with E-state index in [4.69, 9.17) is 11.6 Å². The average Bonchev–Trinajstić information content (AvgIpc) is 3.08. The summed E-state index contributed by atoms with van der Waals surface area (Å²) in [6.07, 6.45) is 1.56. The number of hydrogen-bond acceptors (Lipinski definition) is 5. The molecule has 0 aliphatic heterocycles. The fourth-order valence-electron chi connectivity index (χ4n) is 1.68. The summed E-state index contributed by atoms with van der Waals surface area (Å²) in [7, 11) is 0. The van der Waals surface area contributed by atoms with E-state index in [1.807, 2.05) is 30.3 Å². The molecule has 1 N–H and O–H groups in total. The predicted molar refractivity (Wildman–Crippen MR) is 83.5 cm³/mol. The van der Waals surface area contributed by atoms with E-state index in [0.717, 1.165) is 26.7 Å². The van der Waals surface area contributed by atoms with Crippen molar-refractivity contribution in [2.45, 2.75) is 6.54 Å². The zero-order valence-corrected chi connectivity index (χ0v) is 13.3. The van der Waals surface area contributed by atoms with Gasteiger partial charge in [0.1, 0.15) is 10.7 Å². The number of nitrogens with one attached hydrogen (secondary N) is 1. The smallest absolute Gasteiger partial charge is 0.143 e. The number of thiophene rings is 1. The molecule has 0 spiro atoms. The molecule has 1 aromatic carbocycles. The Morgan fingerprint density at radius 2 is 2.10 bits per heavy atom. The van der Waals surface area contributed by atoms with Crippen LogP contribution in [0.1, 0.15) is 4.88 Å². The molecule has 0 aliphatic rings. The van der Waals surface area contributed by atoms with Crippen LogP contribution < -0.4 is 5.32 Å². The lowest BCUT2D eigenvalue weighted by molar-refractivity contribution is 0.789. The number of anilines is 1. The van der Waals surface area contributed by atoms with Crippen LogP contribution in [0, 0.1) is 0 Å². The van der Waals surface area contributed by atoms with Crippen molar-refractivity contribution in [1.82, 2.24) is 20.2 Å². The van der Waals surface area contributed by atoms with E-state index in [2.05, 4.69) is 36.8 Å². The van der Waals surface area contributed by atoms with Crippen molar-refractivity contribution in [2.75, 3.05) is 5.32 Å². The van der Waals surface area contributed by atoms with Gasteiger partial charge in [-0.1, -0.05) is 11.6 Å². The van der Waals surface area contributed by atoms with Gasteiger partial charge in [0.25, 0.3) is 0 Å². The average molecular weight is 371 g/mol. The summed E-state index contributed by atoms with van der Waals surface area (Å²) in [5.74, 6) is 0. The van der Waals surface area contributed by atoms with E-state index in [1.165, 1.54) is 4.88 Å². The second kappa shape index (κ2) is 5.90. The van der Waals surface area contributed by atoms with Gasteiger partial charge in [0.05, 0.1) is 5.69 Å². The highest BCUT2D eigenvalue weighted by atomic mass is 79.9. The summed E-state index contributed by atoms with van der Waals surface area (Å²) < 4.78 is 3.32. The van der Waals surface area contributed by atoms with Gasteiger partial charge >= 0.3 is 0 Å². The Labute approximate surface area is 132 Å². The Hall–Kier alpha value is -1.44. The van der Waals surface area contributed by atoms with E-state index in [-0.39, 0.29) is 0 Å². The van der Waals surface area contributed by atoms with Crippen molar-refractivity contribution in [3.8, 4) is 5.69 Å². The molecule has 5 nitrogen and oxygen atoms in total. The van der Waals surface area contributed by atoms with Crippen molar-refractivity contribution in [3.63, 3.8) is 0 Å². The van der Waals surface area contributed by atoms with Gasteiger partial charge in [0, 0.05) is 21.6 Å². The number of halogens is 2. The molecule has 3 rings (SSSR count). The maximum absolute atomic E-state index is 6.01. The molecule has 0 fully saturated rings. The third-order valence-corrected chi connectivity index (χ3v) is 5.12. The maximum Gasteiger partial charge on any atom is 0.143 e. The fourth-order valence-corrected chi connectivity index (χ4v) is 3.41. The van der Waals surface area contributed by atoms with Crippen molar-refractivity contribution in [1.29, 1.82) is 0 Å². The molecule has 0 bridgehead atoms. The van der Waals surface area contributed by atoms with Crippen LogP contribution in [0.25, 0.3) is 5.69 Å². The molecule has 8 heteroatoms. The highest BCUT2D eigenvalue weighted by Crippen LogP contribution is 2.32. The lowest BCUT2D eigenvalue weighted by Crippen LogP contribution is -1.99. The molecule has 0 aliphatic carbocycles. The number of nitrogens with zero attached hydrogens (tertiary/aromatic N) is 4. The van der Waals surface area contributed by atoms with Gasteiger partial charge in [0.15, 0.2) is 0 Å². The molecule has 3 aromatic rings. The summed E-state index contributed by atoms with van der Waals surface area (Å²) in [6.45, 7) is 0.736. The van der Waals surface area contributed by atoms with Crippen LogP contribution in [-0.2, 0) is 6.54 Å². The first-order valence-electron chi connectivity index (χ1n) is 5.73. The predicted octanol–water partition coefficient (Wildman–Crippen LogP) is 3.75. The maximum atomic E-state index is 6.01. The number of rotatable bonds is 4. The fraction of sp³-hybridized carbons (Fsp3) is 0.0833. The number of tetrazole rings is 1. The van der Waals surface area contributed by atoms with Crippen molar-refractivity contribution >= 4 is 44.6 Å². The van der Waals surface area contributed by atoms with Crippen molar-refractivity contribution in [3.05, 3.63) is 50.3 Å². The van der Waals surface area contributed by atoms with Crippen LogP contribution in [-0.4, -0.2) is 20.2 Å². The summed E-state index contributed by atoms with van der Waals surface area (Å²) >= 11 is 11.0. The van der Waals surface area contributed by atoms with Gasteiger partial charge in [-0.2, -0.15) is 0 Å². The third-order valence-electron chi connectivity index (χ3n) is 2.64.